The summed E-state index contributed by atoms with van der Waals surface area (Å²) in [4.78, 5) is 24.8. The van der Waals surface area contributed by atoms with E-state index in [1.807, 2.05) is 17.5 Å². The molecule has 6 heteroatoms. The molecule has 1 aromatic heterocycles. The van der Waals surface area contributed by atoms with Crippen molar-refractivity contribution in [1.82, 2.24) is 10.6 Å². The van der Waals surface area contributed by atoms with Gasteiger partial charge in [0.25, 0.3) is 0 Å². The number of primary amides is 1. The number of carbonyl (C=O) groups excluding carboxylic acids is 2. The number of fused-ring (bicyclic) bond motifs is 2. The summed E-state index contributed by atoms with van der Waals surface area (Å²) in [5.74, 6) is 0.668. The minimum Gasteiger partial charge on any atom is -0.353 e. The molecule has 0 spiro atoms. The highest BCUT2D eigenvalue weighted by atomic mass is 32.1. The summed E-state index contributed by atoms with van der Waals surface area (Å²) in [6, 6.07) is 3.08. The maximum absolute atomic E-state index is 12.6. The Morgan fingerprint density at radius 2 is 2.17 bits per heavy atom. The van der Waals surface area contributed by atoms with Crippen molar-refractivity contribution in [3.63, 3.8) is 0 Å². The zero-order valence-corrected chi connectivity index (χ0v) is 15.4. The molecule has 3 rings (SSSR count). The van der Waals surface area contributed by atoms with Gasteiger partial charge in [0.05, 0.1) is 12.5 Å². The van der Waals surface area contributed by atoms with Gasteiger partial charge in [-0.1, -0.05) is 26.8 Å². The molecule has 4 unspecified atom stereocenters. The fraction of sp³-hybridized carbons (Fsp3) is 0.667. The average Bonchev–Trinajstić information content (AvgIpc) is 3.12. The maximum atomic E-state index is 12.6. The third-order valence-electron chi connectivity index (χ3n) is 6.72. The molecule has 5 nitrogen and oxygen atoms in total. The second-order valence-corrected chi connectivity index (χ2v) is 8.99. The standard InChI is InChI=1S/C18H27N3O2S/c1-17(2)11-6-7-18(17,3)14(9-11)21-15(22)10-12(20-16(19)23)13-5-4-8-24-13/h4-5,8,11-12,14H,6-7,9-10H2,1-3H3,(H,21,22)(H3,19,20,23). The molecule has 1 aromatic rings. The molecule has 2 aliphatic carbocycles. The van der Waals surface area contributed by atoms with Crippen LogP contribution in [0.5, 0.6) is 0 Å². The molecule has 2 saturated carbocycles. The van der Waals surface area contributed by atoms with E-state index in [4.69, 9.17) is 5.73 Å². The second-order valence-electron chi connectivity index (χ2n) is 8.01. The molecule has 2 fully saturated rings. The summed E-state index contributed by atoms with van der Waals surface area (Å²) in [5, 5.41) is 7.86. The quantitative estimate of drug-likeness (QED) is 0.763. The van der Waals surface area contributed by atoms with Crippen LogP contribution in [0.1, 0.15) is 57.4 Å². The van der Waals surface area contributed by atoms with Gasteiger partial charge in [-0.2, -0.15) is 0 Å². The highest BCUT2D eigenvalue weighted by Crippen LogP contribution is 2.65. The maximum Gasteiger partial charge on any atom is 0.312 e. The Morgan fingerprint density at radius 3 is 2.67 bits per heavy atom. The van der Waals surface area contributed by atoms with E-state index in [0.717, 1.165) is 11.3 Å². The Balaban J connectivity index is 1.66. The van der Waals surface area contributed by atoms with Crippen molar-refractivity contribution in [3.8, 4) is 0 Å². The molecule has 2 bridgehead atoms. The fourth-order valence-electron chi connectivity index (χ4n) is 4.74. The average molecular weight is 350 g/mol. The Bertz CT molecular complexity index is 628. The molecule has 4 atom stereocenters. The Hall–Kier alpha value is -1.56. The van der Waals surface area contributed by atoms with Gasteiger partial charge in [-0.3, -0.25) is 4.79 Å². The largest absolute Gasteiger partial charge is 0.353 e. The van der Waals surface area contributed by atoms with E-state index < -0.39 is 6.03 Å². The van der Waals surface area contributed by atoms with Gasteiger partial charge in [-0.15, -0.1) is 11.3 Å². The monoisotopic (exact) mass is 349 g/mol. The first kappa shape index (κ1) is 17.3. The Labute approximate surface area is 147 Å². The highest BCUT2D eigenvalue weighted by molar-refractivity contribution is 7.10. The molecule has 24 heavy (non-hydrogen) atoms. The van der Waals surface area contributed by atoms with E-state index in [-0.39, 0.29) is 35.2 Å². The van der Waals surface area contributed by atoms with Crippen LogP contribution in [-0.2, 0) is 4.79 Å². The number of rotatable bonds is 5. The van der Waals surface area contributed by atoms with Crippen LogP contribution in [-0.4, -0.2) is 18.0 Å². The smallest absolute Gasteiger partial charge is 0.312 e. The molecular weight excluding hydrogens is 322 g/mol. The molecule has 132 valence electrons. The van der Waals surface area contributed by atoms with Crippen LogP contribution >= 0.6 is 11.3 Å². The van der Waals surface area contributed by atoms with Crippen LogP contribution < -0.4 is 16.4 Å². The SMILES string of the molecule is CC1(C)C2CCC1(C)C(NC(=O)CC(NC(N)=O)c1cccs1)C2. The fourth-order valence-corrected chi connectivity index (χ4v) is 5.52. The predicted molar refractivity (Wildman–Crippen MR) is 95.6 cm³/mol. The van der Waals surface area contributed by atoms with Gasteiger partial charge >= 0.3 is 6.03 Å². The van der Waals surface area contributed by atoms with Crippen LogP contribution in [0.15, 0.2) is 17.5 Å². The number of carbonyl (C=O) groups is 2. The summed E-state index contributed by atoms with van der Waals surface area (Å²) in [6.07, 6.45) is 3.71. The van der Waals surface area contributed by atoms with Crippen molar-refractivity contribution in [1.29, 1.82) is 0 Å². The summed E-state index contributed by atoms with van der Waals surface area (Å²) in [6.45, 7) is 6.98. The van der Waals surface area contributed by atoms with Gasteiger partial charge in [-0.05, 0) is 47.5 Å². The van der Waals surface area contributed by atoms with Crippen molar-refractivity contribution < 1.29 is 9.59 Å². The molecule has 3 amide bonds. The first-order valence-corrected chi connectivity index (χ1v) is 9.51. The van der Waals surface area contributed by atoms with E-state index in [1.54, 1.807) is 0 Å². The lowest BCUT2D eigenvalue weighted by molar-refractivity contribution is -0.123. The van der Waals surface area contributed by atoms with Crippen LogP contribution in [0.3, 0.4) is 0 Å². The summed E-state index contributed by atoms with van der Waals surface area (Å²) in [5.41, 5.74) is 5.69. The zero-order valence-electron chi connectivity index (χ0n) is 14.6. The van der Waals surface area contributed by atoms with E-state index in [0.29, 0.717) is 5.92 Å². The van der Waals surface area contributed by atoms with E-state index in [1.165, 1.54) is 24.2 Å². The number of amides is 3. The Morgan fingerprint density at radius 1 is 1.42 bits per heavy atom. The van der Waals surface area contributed by atoms with Crippen LogP contribution in [0.2, 0.25) is 0 Å². The van der Waals surface area contributed by atoms with Crippen molar-refractivity contribution in [2.24, 2.45) is 22.5 Å². The van der Waals surface area contributed by atoms with Gasteiger partial charge in [0.2, 0.25) is 5.91 Å². The molecule has 2 aliphatic rings. The number of nitrogens with two attached hydrogens (primary N) is 1. The second kappa shape index (κ2) is 6.06. The van der Waals surface area contributed by atoms with Crippen molar-refractivity contribution in [2.75, 3.05) is 0 Å². The van der Waals surface area contributed by atoms with E-state index in [9.17, 15) is 9.59 Å². The predicted octanol–water partition coefficient (Wildman–Crippen LogP) is 3.18. The molecule has 4 N–H and O–H groups in total. The lowest BCUT2D eigenvalue weighted by atomic mass is 9.69. The number of nitrogens with one attached hydrogen (secondary N) is 2. The topological polar surface area (TPSA) is 84.2 Å². The zero-order chi connectivity index (χ0) is 17.5. The van der Waals surface area contributed by atoms with Gasteiger partial charge in [0.15, 0.2) is 0 Å². The van der Waals surface area contributed by atoms with E-state index >= 15 is 0 Å². The summed E-state index contributed by atoms with van der Waals surface area (Å²) < 4.78 is 0. The molecule has 0 aromatic carbocycles. The minimum atomic E-state index is -0.603. The summed E-state index contributed by atoms with van der Waals surface area (Å²) >= 11 is 1.52. The third kappa shape index (κ3) is 2.81. The number of hydrogen-bond donors (Lipinski definition) is 3. The first-order valence-electron chi connectivity index (χ1n) is 8.63. The highest BCUT2D eigenvalue weighted by Gasteiger charge is 2.61. The minimum absolute atomic E-state index is 0.0169. The van der Waals surface area contributed by atoms with Gasteiger partial charge in [0.1, 0.15) is 0 Å². The van der Waals surface area contributed by atoms with Gasteiger partial charge in [-0.25, -0.2) is 4.79 Å². The molecule has 1 heterocycles. The van der Waals surface area contributed by atoms with Crippen molar-refractivity contribution in [3.05, 3.63) is 22.4 Å². The normalized spacial score (nSPS) is 31.6. The first-order chi connectivity index (χ1) is 11.2. The van der Waals surface area contributed by atoms with Crippen molar-refractivity contribution in [2.45, 2.75) is 58.5 Å². The van der Waals surface area contributed by atoms with Gasteiger partial charge < -0.3 is 16.4 Å². The van der Waals surface area contributed by atoms with Gasteiger partial charge in [0, 0.05) is 10.9 Å². The third-order valence-corrected chi connectivity index (χ3v) is 7.71. The number of thiophene rings is 1. The van der Waals surface area contributed by atoms with Crippen LogP contribution in [0.25, 0.3) is 0 Å². The molecular formula is C18H27N3O2S. The lowest BCUT2D eigenvalue weighted by Crippen LogP contribution is -2.47. The van der Waals surface area contributed by atoms with Crippen LogP contribution in [0, 0.1) is 16.7 Å². The molecule has 0 saturated heterocycles. The van der Waals surface area contributed by atoms with Crippen LogP contribution in [0.4, 0.5) is 4.79 Å². The van der Waals surface area contributed by atoms with E-state index in [2.05, 4.69) is 31.4 Å². The summed E-state index contributed by atoms with van der Waals surface area (Å²) in [7, 11) is 0. The molecule has 0 aliphatic heterocycles. The number of hydrogen-bond acceptors (Lipinski definition) is 3. The molecule has 0 radical (unpaired) electrons. The lowest BCUT2D eigenvalue weighted by Gasteiger charge is -2.39. The Kier molecular flexibility index (Phi) is 4.36. The van der Waals surface area contributed by atoms with Crippen molar-refractivity contribution >= 4 is 23.3 Å². The number of urea groups is 1.